The Labute approximate surface area is 108 Å². The largest absolute Gasteiger partial charge is 0.378 e. The van der Waals surface area contributed by atoms with E-state index < -0.39 is 0 Å². The van der Waals surface area contributed by atoms with Gasteiger partial charge in [0.05, 0.1) is 11.0 Å². The molecule has 2 rings (SSSR count). The summed E-state index contributed by atoms with van der Waals surface area (Å²) in [6, 6.07) is 4.85. The first-order chi connectivity index (χ1) is 8.20. The van der Waals surface area contributed by atoms with Crippen LogP contribution in [0.25, 0.3) is 0 Å². The SMILES string of the molecule is CCn1ccnc1CNc1ccc(F)c(Br)c1. The van der Waals surface area contributed by atoms with Gasteiger partial charge in [0.25, 0.3) is 0 Å². The summed E-state index contributed by atoms with van der Waals surface area (Å²) in [5, 5.41) is 3.21. The minimum atomic E-state index is -0.259. The van der Waals surface area contributed by atoms with Gasteiger partial charge < -0.3 is 9.88 Å². The molecule has 2 aromatic rings. The number of imidazole rings is 1. The molecule has 0 bridgehead atoms. The molecule has 5 heteroatoms. The van der Waals surface area contributed by atoms with Crippen LogP contribution < -0.4 is 5.32 Å². The topological polar surface area (TPSA) is 29.9 Å². The lowest BCUT2D eigenvalue weighted by atomic mass is 10.3. The molecule has 0 fully saturated rings. The molecule has 0 radical (unpaired) electrons. The molecule has 1 aromatic heterocycles. The van der Waals surface area contributed by atoms with E-state index in [1.165, 1.54) is 6.07 Å². The Balaban J connectivity index is 2.05. The van der Waals surface area contributed by atoms with Gasteiger partial charge in [-0.2, -0.15) is 0 Å². The fourth-order valence-electron chi connectivity index (χ4n) is 1.58. The van der Waals surface area contributed by atoms with Gasteiger partial charge in [-0.25, -0.2) is 9.37 Å². The Kier molecular flexibility index (Phi) is 3.78. The molecule has 0 spiro atoms. The highest BCUT2D eigenvalue weighted by Crippen LogP contribution is 2.20. The van der Waals surface area contributed by atoms with Crippen LogP contribution in [0.1, 0.15) is 12.7 Å². The second-order valence-corrected chi connectivity index (χ2v) is 4.47. The molecule has 0 aliphatic heterocycles. The fourth-order valence-corrected chi connectivity index (χ4v) is 1.96. The van der Waals surface area contributed by atoms with E-state index in [0.29, 0.717) is 11.0 Å². The molecule has 1 N–H and O–H groups in total. The van der Waals surface area contributed by atoms with Crippen LogP contribution in [0.3, 0.4) is 0 Å². The predicted octanol–water partition coefficient (Wildman–Crippen LogP) is 3.42. The van der Waals surface area contributed by atoms with Crippen molar-refractivity contribution in [3.8, 4) is 0 Å². The second-order valence-electron chi connectivity index (χ2n) is 3.61. The first-order valence-electron chi connectivity index (χ1n) is 5.39. The average molecular weight is 298 g/mol. The third-order valence-corrected chi connectivity index (χ3v) is 3.12. The summed E-state index contributed by atoms with van der Waals surface area (Å²) in [6.07, 6.45) is 3.72. The summed E-state index contributed by atoms with van der Waals surface area (Å²) >= 11 is 3.16. The van der Waals surface area contributed by atoms with E-state index in [0.717, 1.165) is 18.1 Å². The number of nitrogens with one attached hydrogen (secondary N) is 1. The fraction of sp³-hybridized carbons (Fsp3) is 0.250. The van der Waals surface area contributed by atoms with E-state index in [1.54, 1.807) is 18.3 Å². The van der Waals surface area contributed by atoms with Gasteiger partial charge in [-0.1, -0.05) is 0 Å². The number of nitrogens with zero attached hydrogens (tertiary/aromatic N) is 2. The van der Waals surface area contributed by atoms with Crippen molar-refractivity contribution in [2.45, 2.75) is 20.0 Å². The number of benzene rings is 1. The molecule has 0 saturated heterocycles. The van der Waals surface area contributed by atoms with Crippen LogP contribution in [0.2, 0.25) is 0 Å². The highest BCUT2D eigenvalue weighted by Gasteiger charge is 2.03. The van der Waals surface area contributed by atoms with Crippen molar-refractivity contribution < 1.29 is 4.39 Å². The normalized spacial score (nSPS) is 10.5. The Morgan fingerprint density at radius 2 is 2.29 bits per heavy atom. The van der Waals surface area contributed by atoms with Crippen LogP contribution in [-0.2, 0) is 13.1 Å². The maximum atomic E-state index is 13.0. The summed E-state index contributed by atoms with van der Waals surface area (Å²) in [5.41, 5.74) is 0.865. The number of rotatable bonds is 4. The minimum absolute atomic E-state index is 0.259. The Morgan fingerprint density at radius 3 is 3.00 bits per heavy atom. The van der Waals surface area contributed by atoms with Gasteiger partial charge in [0.2, 0.25) is 0 Å². The van der Waals surface area contributed by atoms with Crippen LogP contribution in [0.5, 0.6) is 0 Å². The van der Waals surface area contributed by atoms with Gasteiger partial charge in [-0.15, -0.1) is 0 Å². The summed E-state index contributed by atoms with van der Waals surface area (Å²) in [6.45, 7) is 3.59. The molecular weight excluding hydrogens is 285 g/mol. The van der Waals surface area contributed by atoms with Gasteiger partial charge in [0.15, 0.2) is 0 Å². The molecule has 3 nitrogen and oxygen atoms in total. The smallest absolute Gasteiger partial charge is 0.137 e. The lowest BCUT2D eigenvalue weighted by Crippen LogP contribution is -2.07. The van der Waals surface area contributed by atoms with Gasteiger partial charge in [-0.3, -0.25) is 0 Å². The molecule has 0 aliphatic rings. The highest BCUT2D eigenvalue weighted by atomic mass is 79.9. The van der Waals surface area contributed by atoms with Crippen LogP contribution in [0, 0.1) is 5.82 Å². The summed E-state index contributed by atoms with van der Waals surface area (Å²) in [7, 11) is 0. The maximum absolute atomic E-state index is 13.0. The lowest BCUT2D eigenvalue weighted by molar-refractivity contribution is 0.621. The first kappa shape index (κ1) is 12.1. The quantitative estimate of drug-likeness (QED) is 0.937. The zero-order valence-corrected chi connectivity index (χ0v) is 11.0. The van der Waals surface area contributed by atoms with Crippen molar-refractivity contribution in [2.24, 2.45) is 0 Å². The van der Waals surface area contributed by atoms with Crippen LogP contribution >= 0.6 is 15.9 Å². The number of anilines is 1. The van der Waals surface area contributed by atoms with Gasteiger partial charge in [-0.05, 0) is 41.1 Å². The Bertz CT molecular complexity index is 510. The van der Waals surface area contributed by atoms with E-state index in [4.69, 9.17) is 0 Å². The van der Waals surface area contributed by atoms with Gasteiger partial charge >= 0.3 is 0 Å². The Morgan fingerprint density at radius 1 is 1.47 bits per heavy atom. The molecular formula is C12H13BrFN3. The van der Waals surface area contributed by atoms with Crippen molar-refractivity contribution in [1.82, 2.24) is 9.55 Å². The van der Waals surface area contributed by atoms with Gasteiger partial charge in [0.1, 0.15) is 11.6 Å². The van der Waals surface area contributed by atoms with Crippen LogP contribution in [0.4, 0.5) is 10.1 Å². The van der Waals surface area contributed by atoms with Crippen molar-refractivity contribution in [1.29, 1.82) is 0 Å². The van der Waals surface area contributed by atoms with Gasteiger partial charge in [0, 0.05) is 24.6 Å². The number of aryl methyl sites for hydroxylation is 1. The van der Waals surface area contributed by atoms with Crippen molar-refractivity contribution in [3.63, 3.8) is 0 Å². The molecule has 0 unspecified atom stereocenters. The molecule has 0 saturated carbocycles. The number of aromatic nitrogens is 2. The molecule has 0 atom stereocenters. The van der Waals surface area contributed by atoms with Crippen LogP contribution in [0.15, 0.2) is 35.1 Å². The molecule has 1 aromatic carbocycles. The molecule has 90 valence electrons. The van der Waals surface area contributed by atoms with Crippen molar-refractivity contribution in [2.75, 3.05) is 5.32 Å². The predicted molar refractivity (Wildman–Crippen MR) is 69.3 cm³/mol. The second kappa shape index (κ2) is 5.31. The number of hydrogen-bond donors (Lipinski definition) is 1. The van der Waals surface area contributed by atoms with E-state index >= 15 is 0 Å². The third-order valence-electron chi connectivity index (χ3n) is 2.51. The highest BCUT2D eigenvalue weighted by molar-refractivity contribution is 9.10. The lowest BCUT2D eigenvalue weighted by Gasteiger charge is -2.08. The summed E-state index contributed by atoms with van der Waals surface area (Å²) < 4.78 is 15.6. The minimum Gasteiger partial charge on any atom is -0.378 e. The summed E-state index contributed by atoms with van der Waals surface area (Å²) in [5.74, 6) is 0.707. The third kappa shape index (κ3) is 2.85. The van der Waals surface area contributed by atoms with E-state index in [-0.39, 0.29) is 5.82 Å². The van der Waals surface area contributed by atoms with Crippen LogP contribution in [-0.4, -0.2) is 9.55 Å². The summed E-state index contributed by atoms with van der Waals surface area (Å²) in [4.78, 5) is 4.26. The number of hydrogen-bond acceptors (Lipinski definition) is 2. The molecule has 17 heavy (non-hydrogen) atoms. The van der Waals surface area contributed by atoms with Crippen molar-refractivity contribution in [3.05, 3.63) is 46.7 Å². The van der Waals surface area contributed by atoms with E-state index in [2.05, 4.69) is 37.7 Å². The number of halogens is 2. The zero-order valence-electron chi connectivity index (χ0n) is 9.45. The van der Waals surface area contributed by atoms with E-state index in [9.17, 15) is 4.39 Å². The van der Waals surface area contributed by atoms with Crippen molar-refractivity contribution >= 4 is 21.6 Å². The first-order valence-corrected chi connectivity index (χ1v) is 6.19. The standard InChI is InChI=1S/C12H13BrFN3/c1-2-17-6-5-15-12(17)8-16-9-3-4-11(14)10(13)7-9/h3-7,16H,2,8H2,1H3. The maximum Gasteiger partial charge on any atom is 0.137 e. The molecule has 0 amide bonds. The van der Waals surface area contributed by atoms with E-state index in [1.807, 2.05) is 6.20 Å². The monoisotopic (exact) mass is 297 g/mol. The zero-order chi connectivity index (χ0) is 12.3. The molecule has 0 aliphatic carbocycles. The molecule has 1 heterocycles. The average Bonchev–Trinajstić information content (AvgIpc) is 2.78. The Hall–Kier alpha value is -1.36.